The molecule has 0 aliphatic carbocycles. The maximum Gasteiger partial charge on any atom is 0.0887 e. The lowest BCUT2D eigenvalue weighted by Crippen LogP contribution is -1.91. The van der Waals surface area contributed by atoms with Gasteiger partial charge in [0.15, 0.2) is 0 Å². The van der Waals surface area contributed by atoms with Crippen LogP contribution in [0.3, 0.4) is 0 Å². The van der Waals surface area contributed by atoms with Crippen molar-refractivity contribution in [1.82, 2.24) is 10.0 Å². The summed E-state index contributed by atoms with van der Waals surface area (Å²) in [6.45, 7) is 2.22. The fraction of sp³-hybridized carbons (Fsp3) is 1.00. The fourth-order valence-corrected chi connectivity index (χ4v) is 1.06. The average Bonchev–Trinajstić information content (AvgIpc) is 2.25. The SMILES string of the molecule is CCCC1N(C)N1C. The van der Waals surface area contributed by atoms with Crippen molar-refractivity contribution in [2.45, 2.75) is 25.9 Å². The number of hydrogen-bond donors (Lipinski definition) is 0. The Morgan fingerprint density at radius 1 is 1.25 bits per heavy atom. The molecule has 1 fully saturated rings. The summed E-state index contributed by atoms with van der Waals surface area (Å²) in [5, 5.41) is 4.51. The minimum atomic E-state index is 0.750. The van der Waals surface area contributed by atoms with E-state index in [1.165, 1.54) is 12.8 Å². The number of rotatable bonds is 2. The van der Waals surface area contributed by atoms with Crippen molar-refractivity contribution < 1.29 is 0 Å². The van der Waals surface area contributed by atoms with Crippen LogP contribution >= 0.6 is 0 Å². The number of nitrogens with zero attached hydrogens (tertiary/aromatic N) is 2. The fourth-order valence-electron chi connectivity index (χ4n) is 1.06. The summed E-state index contributed by atoms with van der Waals surface area (Å²) >= 11 is 0. The lowest BCUT2D eigenvalue weighted by atomic mass is 10.3. The lowest BCUT2D eigenvalue weighted by molar-refractivity contribution is 0.412. The highest BCUT2D eigenvalue weighted by atomic mass is 15.8. The van der Waals surface area contributed by atoms with Gasteiger partial charge >= 0.3 is 0 Å². The van der Waals surface area contributed by atoms with Gasteiger partial charge in [-0.15, -0.1) is 0 Å². The van der Waals surface area contributed by atoms with E-state index in [1.54, 1.807) is 0 Å². The first-order chi connectivity index (χ1) is 3.77. The van der Waals surface area contributed by atoms with Gasteiger partial charge in [0.05, 0.1) is 6.17 Å². The van der Waals surface area contributed by atoms with Gasteiger partial charge in [0.1, 0.15) is 0 Å². The Balaban J connectivity index is 2.13. The van der Waals surface area contributed by atoms with E-state index in [0.717, 1.165) is 6.17 Å². The molecule has 0 spiro atoms. The van der Waals surface area contributed by atoms with Gasteiger partial charge in [0.25, 0.3) is 0 Å². The summed E-state index contributed by atoms with van der Waals surface area (Å²) in [7, 11) is 4.25. The van der Waals surface area contributed by atoms with Crippen molar-refractivity contribution in [1.29, 1.82) is 0 Å². The molecule has 0 bridgehead atoms. The molecule has 1 rings (SSSR count). The molecule has 2 heteroatoms. The number of hydrogen-bond acceptors (Lipinski definition) is 2. The van der Waals surface area contributed by atoms with E-state index in [2.05, 4.69) is 31.0 Å². The molecule has 1 heterocycles. The molecule has 0 aromatic heterocycles. The molecule has 0 N–H and O–H groups in total. The summed E-state index contributed by atoms with van der Waals surface area (Å²) in [5.74, 6) is 0. The third kappa shape index (κ3) is 0.858. The third-order valence-electron chi connectivity index (χ3n) is 1.85. The molecule has 2 unspecified atom stereocenters. The average molecular weight is 114 g/mol. The molecule has 0 aromatic carbocycles. The maximum atomic E-state index is 2.25. The van der Waals surface area contributed by atoms with Crippen LogP contribution in [0.1, 0.15) is 19.8 Å². The van der Waals surface area contributed by atoms with Crippen LogP contribution in [0.15, 0.2) is 0 Å². The van der Waals surface area contributed by atoms with Crippen LogP contribution in [0, 0.1) is 0 Å². The molecule has 0 saturated carbocycles. The van der Waals surface area contributed by atoms with Crippen molar-refractivity contribution in [3.63, 3.8) is 0 Å². The van der Waals surface area contributed by atoms with E-state index in [-0.39, 0.29) is 0 Å². The zero-order valence-electron chi connectivity index (χ0n) is 5.89. The Labute approximate surface area is 51.0 Å². The van der Waals surface area contributed by atoms with Crippen LogP contribution in [0.5, 0.6) is 0 Å². The van der Waals surface area contributed by atoms with Crippen molar-refractivity contribution in [3.05, 3.63) is 0 Å². The predicted molar refractivity (Wildman–Crippen MR) is 34.2 cm³/mol. The molecular formula is C6H14N2. The summed E-state index contributed by atoms with van der Waals surface area (Å²) in [6.07, 6.45) is 3.35. The monoisotopic (exact) mass is 114 g/mol. The summed E-state index contributed by atoms with van der Waals surface area (Å²) in [4.78, 5) is 0. The third-order valence-corrected chi connectivity index (χ3v) is 1.85. The van der Waals surface area contributed by atoms with Crippen LogP contribution in [0.4, 0.5) is 0 Å². The zero-order valence-corrected chi connectivity index (χ0v) is 5.89. The van der Waals surface area contributed by atoms with Gasteiger partial charge in [-0.1, -0.05) is 13.3 Å². The molecule has 0 aromatic rings. The van der Waals surface area contributed by atoms with Gasteiger partial charge in [-0.2, -0.15) is 0 Å². The maximum absolute atomic E-state index is 2.25. The van der Waals surface area contributed by atoms with E-state index in [9.17, 15) is 0 Å². The largest absolute Gasteiger partial charge is 0.225 e. The summed E-state index contributed by atoms with van der Waals surface area (Å²) in [5.41, 5.74) is 0. The molecule has 8 heavy (non-hydrogen) atoms. The highest BCUT2D eigenvalue weighted by molar-refractivity contribution is 4.75. The summed E-state index contributed by atoms with van der Waals surface area (Å²) in [6, 6.07) is 0. The molecule has 48 valence electrons. The van der Waals surface area contributed by atoms with Gasteiger partial charge in [-0.25, -0.2) is 10.0 Å². The highest BCUT2D eigenvalue weighted by Gasteiger charge is 2.36. The second-order valence-electron chi connectivity index (χ2n) is 2.42. The second kappa shape index (κ2) is 2.03. The first-order valence-corrected chi connectivity index (χ1v) is 3.23. The molecule has 0 radical (unpaired) electrons. The van der Waals surface area contributed by atoms with Gasteiger partial charge in [-0.3, -0.25) is 0 Å². The van der Waals surface area contributed by atoms with E-state index < -0.39 is 0 Å². The molecule has 2 atom stereocenters. The van der Waals surface area contributed by atoms with Gasteiger partial charge < -0.3 is 0 Å². The topological polar surface area (TPSA) is 6.02 Å². The Morgan fingerprint density at radius 2 is 1.75 bits per heavy atom. The van der Waals surface area contributed by atoms with E-state index in [4.69, 9.17) is 0 Å². The van der Waals surface area contributed by atoms with Crippen molar-refractivity contribution in [2.24, 2.45) is 0 Å². The van der Waals surface area contributed by atoms with Gasteiger partial charge in [0.2, 0.25) is 0 Å². The molecule has 1 aliphatic heterocycles. The van der Waals surface area contributed by atoms with Crippen LogP contribution in [0.25, 0.3) is 0 Å². The minimum absolute atomic E-state index is 0.750. The lowest BCUT2D eigenvalue weighted by Gasteiger charge is -1.85. The zero-order chi connectivity index (χ0) is 6.15. The first kappa shape index (κ1) is 6.05. The predicted octanol–water partition coefficient (Wildman–Crippen LogP) is 0.905. The quantitative estimate of drug-likeness (QED) is 0.492. The van der Waals surface area contributed by atoms with E-state index in [1.807, 2.05) is 0 Å². The van der Waals surface area contributed by atoms with Crippen LogP contribution in [-0.4, -0.2) is 30.3 Å². The molecule has 1 saturated heterocycles. The molecule has 0 amide bonds. The normalized spacial score (nSPS) is 44.6. The standard InChI is InChI=1S/C6H14N2/c1-4-5-6-7(2)8(6)3/h6H,4-5H2,1-3H3. The van der Waals surface area contributed by atoms with Crippen molar-refractivity contribution >= 4 is 0 Å². The Kier molecular flexibility index (Phi) is 1.54. The molecular weight excluding hydrogens is 100 g/mol. The Bertz CT molecular complexity index is 74.6. The second-order valence-corrected chi connectivity index (χ2v) is 2.42. The van der Waals surface area contributed by atoms with Crippen LogP contribution < -0.4 is 0 Å². The smallest absolute Gasteiger partial charge is 0.0887 e. The minimum Gasteiger partial charge on any atom is -0.225 e. The molecule has 2 nitrogen and oxygen atoms in total. The first-order valence-electron chi connectivity index (χ1n) is 3.23. The Hall–Kier alpha value is -0.0800. The Morgan fingerprint density at radius 3 is 1.88 bits per heavy atom. The van der Waals surface area contributed by atoms with Crippen molar-refractivity contribution in [2.75, 3.05) is 14.1 Å². The van der Waals surface area contributed by atoms with Gasteiger partial charge in [-0.05, 0) is 6.42 Å². The van der Waals surface area contributed by atoms with Gasteiger partial charge in [0, 0.05) is 14.1 Å². The van der Waals surface area contributed by atoms with E-state index >= 15 is 0 Å². The van der Waals surface area contributed by atoms with Crippen molar-refractivity contribution in [3.8, 4) is 0 Å². The van der Waals surface area contributed by atoms with Crippen LogP contribution in [0.2, 0.25) is 0 Å². The van der Waals surface area contributed by atoms with Crippen LogP contribution in [-0.2, 0) is 0 Å². The highest BCUT2D eigenvalue weighted by Crippen LogP contribution is 2.23. The number of hydrazine groups is 1. The molecule has 1 aliphatic rings. The van der Waals surface area contributed by atoms with E-state index in [0.29, 0.717) is 0 Å². The summed E-state index contributed by atoms with van der Waals surface area (Å²) < 4.78 is 0.